The summed E-state index contributed by atoms with van der Waals surface area (Å²) in [6.45, 7) is 6.57. The number of carbonyl (C=O) groups excluding carboxylic acids is 2. The minimum Gasteiger partial charge on any atom is -0.461 e. The number of carbonyl (C=O) groups is 2. The average molecular weight is 309 g/mol. The first kappa shape index (κ1) is 16.5. The van der Waals surface area contributed by atoms with Gasteiger partial charge in [0, 0.05) is 6.54 Å². The maximum atomic E-state index is 12.1. The molecule has 0 unspecified atom stereocenters. The molecule has 0 bridgehead atoms. The molecule has 1 aromatic heterocycles. The van der Waals surface area contributed by atoms with Crippen LogP contribution in [-0.2, 0) is 9.47 Å². The van der Waals surface area contributed by atoms with E-state index in [1.54, 1.807) is 17.0 Å². The molecule has 0 spiro atoms. The highest BCUT2D eigenvalue weighted by atomic mass is 16.6. The van der Waals surface area contributed by atoms with E-state index in [0.717, 1.165) is 12.8 Å². The molecule has 1 aliphatic rings. The summed E-state index contributed by atoms with van der Waals surface area (Å²) < 4.78 is 16.0. The van der Waals surface area contributed by atoms with Crippen LogP contribution < -0.4 is 0 Å². The summed E-state index contributed by atoms with van der Waals surface area (Å²) in [5, 5.41) is 0. The molecule has 1 fully saturated rings. The molecule has 1 atom stereocenters. The summed E-state index contributed by atoms with van der Waals surface area (Å²) in [5.74, 6) is 0.0965. The van der Waals surface area contributed by atoms with Crippen molar-refractivity contribution in [2.24, 2.45) is 0 Å². The lowest BCUT2D eigenvalue weighted by Crippen LogP contribution is -2.45. The highest BCUT2D eigenvalue weighted by molar-refractivity contribution is 5.94. The van der Waals surface area contributed by atoms with Gasteiger partial charge in [0.1, 0.15) is 12.2 Å². The predicted molar refractivity (Wildman–Crippen MR) is 79.8 cm³/mol. The molecular weight excluding hydrogens is 286 g/mol. The van der Waals surface area contributed by atoms with Crippen LogP contribution in [0.2, 0.25) is 0 Å². The molecule has 0 radical (unpaired) electrons. The number of piperidine rings is 1. The SMILES string of the molecule is CC(C)(C)OC(=O)N1CCC[C@@H](OCC(=O)c2ccco2)C1. The second-order valence-electron chi connectivity index (χ2n) is 6.40. The predicted octanol–water partition coefficient (Wildman–Crippen LogP) is 2.88. The summed E-state index contributed by atoms with van der Waals surface area (Å²) in [6.07, 6.45) is 2.63. The fraction of sp³-hybridized carbons (Fsp3) is 0.625. The first-order valence-electron chi connectivity index (χ1n) is 7.51. The van der Waals surface area contributed by atoms with Crippen LogP contribution in [0.25, 0.3) is 0 Å². The molecule has 22 heavy (non-hydrogen) atoms. The maximum Gasteiger partial charge on any atom is 0.410 e. The molecule has 1 aromatic rings. The van der Waals surface area contributed by atoms with Gasteiger partial charge < -0.3 is 18.8 Å². The largest absolute Gasteiger partial charge is 0.461 e. The molecule has 1 aliphatic heterocycles. The second kappa shape index (κ2) is 6.96. The van der Waals surface area contributed by atoms with E-state index in [0.29, 0.717) is 18.8 Å². The van der Waals surface area contributed by atoms with E-state index in [9.17, 15) is 9.59 Å². The first-order chi connectivity index (χ1) is 10.3. The smallest absolute Gasteiger partial charge is 0.410 e. The monoisotopic (exact) mass is 309 g/mol. The van der Waals surface area contributed by atoms with Crippen LogP contribution >= 0.6 is 0 Å². The first-order valence-corrected chi connectivity index (χ1v) is 7.51. The van der Waals surface area contributed by atoms with Gasteiger partial charge in [-0.3, -0.25) is 4.79 Å². The number of furan rings is 1. The third-order valence-electron chi connectivity index (χ3n) is 3.28. The van der Waals surface area contributed by atoms with Crippen LogP contribution in [0.4, 0.5) is 4.79 Å². The Morgan fingerprint density at radius 3 is 2.82 bits per heavy atom. The van der Waals surface area contributed by atoms with Crippen molar-refractivity contribution in [3.05, 3.63) is 24.2 Å². The second-order valence-corrected chi connectivity index (χ2v) is 6.40. The number of ether oxygens (including phenoxy) is 2. The van der Waals surface area contributed by atoms with Gasteiger partial charge in [0.25, 0.3) is 0 Å². The standard InChI is InChI=1S/C16H23NO5/c1-16(2,3)22-15(19)17-8-4-6-12(10-17)21-11-13(18)14-7-5-9-20-14/h5,7,9,12H,4,6,8,10-11H2,1-3H3/t12-/m1/s1. The van der Waals surface area contributed by atoms with Gasteiger partial charge in [0.15, 0.2) is 5.76 Å². The number of hydrogen-bond donors (Lipinski definition) is 0. The topological polar surface area (TPSA) is 69.0 Å². The van der Waals surface area contributed by atoms with E-state index >= 15 is 0 Å². The van der Waals surface area contributed by atoms with Gasteiger partial charge in [-0.1, -0.05) is 0 Å². The zero-order valence-electron chi connectivity index (χ0n) is 13.3. The van der Waals surface area contributed by atoms with Gasteiger partial charge in [-0.15, -0.1) is 0 Å². The van der Waals surface area contributed by atoms with Gasteiger partial charge in [0.05, 0.1) is 18.9 Å². The summed E-state index contributed by atoms with van der Waals surface area (Å²) >= 11 is 0. The zero-order valence-corrected chi connectivity index (χ0v) is 13.3. The molecule has 1 amide bonds. The normalized spacial score (nSPS) is 19.0. The van der Waals surface area contributed by atoms with Gasteiger partial charge >= 0.3 is 6.09 Å². The van der Waals surface area contributed by atoms with E-state index in [-0.39, 0.29) is 24.6 Å². The summed E-state index contributed by atoms with van der Waals surface area (Å²) in [6, 6.07) is 3.28. The van der Waals surface area contributed by atoms with Crippen LogP contribution in [0, 0.1) is 0 Å². The summed E-state index contributed by atoms with van der Waals surface area (Å²) in [5.41, 5.74) is -0.514. The highest BCUT2D eigenvalue weighted by Gasteiger charge is 2.28. The average Bonchev–Trinajstić information content (AvgIpc) is 2.97. The van der Waals surface area contributed by atoms with Gasteiger partial charge in [0.2, 0.25) is 5.78 Å². The van der Waals surface area contributed by atoms with E-state index in [1.807, 2.05) is 20.8 Å². The number of ketones is 1. The zero-order chi connectivity index (χ0) is 16.2. The fourth-order valence-electron chi connectivity index (χ4n) is 2.27. The van der Waals surface area contributed by atoms with E-state index in [2.05, 4.69) is 0 Å². The maximum absolute atomic E-state index is 12.1. The van der Waals surface area contributed by atoms with E-state index in [4.69, 9.17) is 13.9 Å². The molecular formula is C16H23NO5. The van der Waals surface area contributed by atoms with Crippen molar-refractivity contribution < 1.29 is 23.5 Å². The Labute approximate surface area is 130 Å². The van der Waals surface area contributed by atoms with E-state index in [1.165, 1.54) is 6.26 Å². The number of Topliss-reactive ketones (excluding diaryl/α,β-unsaturated/α-hetero) is 1. The quantitative estimate of drug-likeness (QED) is 0.800. The Balaban J connectivity index is 1.80. The van der Waals surface area contributed by atoms with Crippen LogP contribution in [0.3, 0.4) is 0 Å². The van der Waals surface area contributed by atoms with Crippen LogP contribution in [0.5, 0.6) is 0 Å². The van der Waals surface area contributed by atoms with Crippen LogP contribution in [0.15, 0.2) is 22.8 Å². The number of likely N-dealkylation sites (tertiary alicyclic amines) is 1. The molecule has 122 valence electrons. The highest BCUT2D eigenvalue weighted by Crippen LogP contribution is 2.17. The van der Waals surface area contributed by atoms with E-state index < -0.39 is 5.60 Å². The Bertz CT molecular complexity index is 503. The Morgan fingerprint density at radius 1 is 1.41 bits per heavy atom. The van der Waals surface area contributed by atoms with Crippen molar-refractivity contribution in [3.8, 4) is 0 Å². The van der Waals surface area contributed by atoms with Gasteiger partial charge in [-0.05, 0) is 45.7 Å². The Hall–Kier alpha value is -1.82. The lowest BCUT2D eigenvalue weighted by molar-refractivity contribution is -0.0166. The van der Waals surface area contributed by atoms with Crippen molar-refractivity contribution in [3.63, 3.8) is 0 Å². The number of hydrogen-bond acceptors (Lipinski definition) is 5. The fourth-order valence-corrected chi connectivity index (χ4v) is 2.27. The number of amides is 1. The van der Waals surface area contributed by atoms with Crippen LogP contribution in [0.1, 0.15) is 44.2 Å². The Morgan fingerprint density at radius 2 is 2.18 bits per heavy atom. The number of rotatable bonds is 4. The molecule has 2 heterocycles. The lowest BCUT2D eigenvalue weighted by atomic mass is 10.1. The summed E-state index contributed by atoms with van der Waals surface area (Å²) in [7, 11) is 0. The third-order valence-corrected chi connectivity index (χ3v) is 3.28. The van der Waals surface area contributed by atoms with Crippen molar-refractivity contribution >= 4 is 11.9 Å². The Kier molecular flexibility index (Phi) is 5.24. The third kappa shape index (κ3) is 4.87. The lowest BCUT2D eigenvalue weighted by Gasteiger charge is -2.33. The summed E-state index contributed by atoms with van der Waals surface area (Å²) in [4.78, 5) is 25.5. The van der Waals surface area contributed by atoms with Gasteiger partial charge in [-0.2, -0.15) is 0 Å². The molecule has 6 nitrogen and oxygen atoms in total. The van der Waals surface area contributed by atoms with Crippen molar-refractivity contribution in [1.29, 1.82) is 0 Å². The molecule has 1 saturated heterocycles. The minimum atomic E-state index is -0.514. The molecule has 0 aliphatic carbocycles. The molecule has 0 aromatic carbocycles. The molecule has 2 rings (SSSR count). The van der Waals surface area contributed by atoms with Gasteiger partial charge in [-0.25, -0.2) is 4.79 Å². The molecule has 0 N–H and O–H groups in total. The van der Waals surface area contributed by atoms with Crippen LogP contribution in [-0.4, -0.2) is 48.2 Å². The number of nitrogens with zero attached hydrogens (tertiary/aromatic N) is 1. The molecule has 6 heteroatoms. The van der Waals surface area contributed by atoms with Crippen molar-refractivity contribution in [2.45, 2.75) is 45.3 Å². The van der Waals surface area contributed by atoms with Crippen molar-refractivity contribution in [1.82, 2.24) is 4.90 Å². The molecule has 0 saturated carbocycles. The van der Waals surface area contributed by atoms with Crippen molar-refractivity contribution in [2.75, 3.05) is 19.7 Å². The minimum absolute atomic E-state index is 0.0413.